The van der Waals surface area contributed by atoms with Gasteiger partial charge in [-0.05, 0) is 37.3 Å². The molecule has 1 fully saturated rings. The van der Waals surface area contributed by atoms with Crippen LogP contribution in [0.2, 0.25) is 0 Å². The Balaban J connectivity index is 1.93. The lowest BCUT2D eigenvalue weighted by Crippen LogP contribution is -2.28. The molecule has 134 valence electrons. The molecule has 0 spiro atoms. The number of pyridine rings is 2. The zero-order chi connectivity index (χ0) is 18.3. The van der Waals surface area contributed by atoms with Crippen molar-refractivity contribution in [2.45, 2.75) is 31.8 Å². The van der Waals surface area contributed by atoms with Gasteiger partial charge < -0.3 is 20.7 Å². The summed E-state index contributed by atoms with van der Waals surface area (Å²) in [5.41, 5.74) is 6.41. The number of aliphatic hydroxyl groups excluding tert-OH is 1. The summed E-state index contributed by atoms with van der Waals surface area (Å²) < 4.78 is 1.64. The van der Waals surface area contributed by atoms with Crippen LogP contribution in [0.25, 0.3) is 22.0 Å². The van der Waals surface area contributed by atoms with Crippen molar-refractivity contribution >= 4 is 22.5 Å². The van der Waals surface area contributed by atoms with Crippen LogP contribution < -0.4 is 16.6 Å². The van der Waals surface area contributed by atoms with E-state index in [4.69, 9.17) is 5.73 Å². The van der Waals surface area contributed by atoms with E-state index in [1.54, 1.807) is 23.2 Å². The van der Waals surface area contributed by atoms with Crippen molar-refractivity contribution in [2.24, 2.45) is 0 Å². The number of nitrogens with two attached hydrogens (primary N) is 1. The van der Waals surface area contributed by atoms with Crippen molar-refractivity contribution in [3.63, 3.8) is 0 Å². The highest BCUT2D eigenvalue weighted by atomic mass is 16.3. The Morgan fingerprint density at radius 3 is 2.69 bits per heavy atom. The van der Waals surface area contributed by atoms with E-state index in [1.807, 2.05) is 19.1 Å². The highest BCUT2D eigenvalue weighted by Gasteiger charge is 2.42. The van der Waals surface area contributed by atoms with Crippen LogP contribution in [0.5, 0.6) is 0 Å². The van der Waals surface area contributed by atoms with E-state index in [2.05, 4.69) is 20.3 Å². The van der Waals surface area contributed by atoms with Crippen molar-refractivity contribution in [2.75, 3.05) is 17.7 Å². The van der Waals surface area contributed by atoms with Crippen LogP contribution >= 0.6 is 0 Å². The van der Waals surface area contributed by atoms with Crippen LogP contribution in [0.1, 0.15) is 19.8 Å². The third-order valence-corrected chi connectivity index (χ3v) is 4.81. The zero-order valence-electron chi connectivity index (χ0n) is 14.4. The number of aromatic nitrogens is 4. The van der Waals surface area contributed by atoms with E-state index >= 15 is 0 Å². The number of fused-ring (bicyclic) bond motifs is 1. The van der Waals surface area contributed by atoms with Crippen LogP contribution in [0.4, 0.5) is 11.8 Å². The van der Waals surface area contributed by atoms with Gasteiger partial charge >= 0.3 is 0 Å². The Bertz CT molecular complexity index is 1020. The number of nitrogens with zero attached hydrogens (tertiary/aromatic N) is 4. The van der Waals surface area contributed by atoms with E-state index in [0.29, 0.717) is 29.0 Å². The monoisotopic (exact) mass is 352 g/mol. The van der Waals surface area contributed by atoms with Gasteiger partial charge in [0.15, 0.2) is 0 Å². The molecule has 1 aliphatic carbocycles. The van der Waals surface area contributed by atoms with Crippen molar-refractivity contribution in [3.05, 3.63) is 41.1 Å². The Hall–Kier alpha value is -3.00. The molecule has 0 unspecified atom stereocenters. The summed E-state index contributed by atoms with van der Waals surface area (Å²) in [5, 5.41) is 14.3. The van der Waals surface area contributed by atoms with Crippen LogP contribution in [0.3, 0.4) is 0 Å². The number of anilines is 2. The number of aryl methyl sites for hydroxylation is 1. The number of nitrogens with one attached hydrogen (secondary N) is 1. The predicted molar refractivity (Wildman–Crippen MR) is 99.8 cm³/mol. The molecule has 4 N–H and O–H groups in total. The summed E-state index contributed by atoms with van der Waals surface area (Å²) in [5.74, 6) is 0.671. The summed E-state index contributed by atoms with van der Waals surface area (Å²) in [6.45, 7) is 2.50. The fraction of sp³-hybridized carbons (Fsp3) is 0.333. The van der Waals surface area contributed by atoms with E-state index in [1.165, 1.54) is 0 Å². The Morgan fingerprint density at radius 1 is 1.35 bits per heavy atom. The van der Waals surface area contributed by atoms with E-state index in [0.717, 1.165) is 18.2 Å². The van der Waals surface area contributed by atoms with Crippen LogP contribution in [-0.4, -0.2) is 36.8 Å². The van der Waals surface area contributed by atoms with Gasteiger partial charge in [-0.1, -0.05) is 0 Å². The number of hydrogen-bond acceptors (Lipinski definition) is 7. The molecular formula is C18H20N6O2. The summed E-state index contributed by atoms with van der Waals surface area (Å²) >= 11 is 0. The Morgan fingerprint density at radius 2 is 2.08 bits per heavy atom. The van der Waals surface area contributed by atoms with E-state index in [9.17, 15) is 9.90 Å². The first-order valence-corrected chi connectivity index (χ1v) is 8.56. The quantitative estimate of drug-likeness (QED) is 0.635. The molecule has 8 nitrogen and oxygen atoms in total. The third-order valence-electron chi connectivity index (χ3n) is 4.81. The molecule has 3 aromatic rings. The maximum Gasteiger partial charge on any atom is 0.262 e. The molecule has 1 aliphatic rings. The van der Waals surface area contributed by atoms with E-state index < -0.39 is 5.54 Å². The minimum absolute atomic E-state index is 0.000183. The first-order chi connectivity index (χ1) is 12.5. The average molecular weight is 352 g/mol. The first-order valence-electron chi connectivity index (χ1n) is 8.56. The Labute approximate surface area is 149 Å². The second-order valence-corrected chi connectivity index (χ2v) is 6.62. The predicted octanol–water partition coefficient (Wildman–Crippen LogP) is 1.39. The molecule has 0 aromatic carbocycles. The molecule has 0 amide bonds. The lowest BCUT2D eigenvalue weighted by atomic mass is 10.1. The van der Waals surface area contributed by atoms with Gasteiger partial charge in [0.05, 0.1) is 23.2 Å². The van der Waals surface area contributed by atoms with Gasteiger partial charge in [0.1, 0.15) is 5.82 Å². The molecule has 0 atom stereocenters. The normalized spacial score (nSPS) is 15.2. The van der Waals surface area contributed by atoms with Crippen LogP contribution in [0, 0.1) is 0 Å². The average Bonchev–Trinajstić information content (AvgIpc) is 3.42. The SMILES string of the molecule is CCn1ccc2cc(-c3cnc(N)nc3)nc(NC3(CO)CC3)c2c1=O. The minimum atomic E-state index is -0.393. The lowest BCUT2D eigenvalue weighted by Gasteiger charge is -2.18. The second-order valence-electron chi connectivity index (χ2n) is 6.62. The summed E-state index contributed by atoms with van der Waals surface area (Å²) in [6.07, 6.45) is 6.67. The third kappa shape index (κ3) is 2.78. The summed E-state index contributed by atoms with van der Waals surface area (Å²) in [7, 11) is 0. The molecular weight excluding hydrogens is 332 g/mol. The molecule has 1 saturated carbocycles. The van der Waals surface area contributed by atoms with Crippen molar-refractivity contribution in [3.8, 4) is 11.3 Å². The number of aliphatic hydroxyl groups is 1. The molecule has 0 aliphatic heterocycles. The number of nitrogen functional groups attached to an aromatic ring is 1. The van der Waals surface area contributed by atoms with Crippen molar-refractivity contribution < 1.29 is 5.11 Å². The largest absolute Gasteiger partial charge is 0.394 e. The molecule has 26 heavy (non-hydrogen) atoms. The van der Waals surface area contributed by atoms with Gasteiger partial charge in [-0.25, -0.2) is 15.0 Å². The van der Waals surface area contributed by atoms with Gasteiger partial charge in [-0.3, -0.25) is 4.79 Å². The van der Waals surface area contributed by atoms with Gasteiger partial charge in [0.25, 0.3) is 5.56 Å². The van der Waals surface area contributed by atoms with Crippen molar-refractivity contribution in [1.29, 1.82) is 0 Å². The van der Waals surface area contributed by atoms with E-state index in [-0.39, 0.29) is 18.1 Å². The fourth-order valence-electron chi connectivity index (χ4n) is 2.98. The highest BCUT2D eigenvalue weighted by Crippen LogP contribution is 2.39. The Kier molecular flexibility index (Phi) is 3.84. The zero-order valence-corrected chi connectivity index (χ0v) is 14.4. The standard InChI is InChI=1S/C18H20N6O2/c1-2-24-6-3-11-7-13(12-8-20-17(19)21-9-12)22-15(14(11)16(24)26)23-18(10-25)4-5-18/h3,6-9,25H,2,4-5,10H2,1H3,(H,22,23)(H2,19,20,21). The number of rotatable bonds is 5. The molecule has 3 heterocycles. The molecule has 0 saturated heterocycles. The first kappa shape index (κ1) is 16.5. The molecule has 3 aromatic heterocycles. The minimum Gasteiger partial charge on any atom is -0.394 e. The topological polar surface area (TPSA) is 119 Å². The highest BCUT2D eigenvalue weighted by molar-refractivity contribution is 5.94. The molecule has 0 radical (unpaired) electrons. The van der Waals surface area contributed by atoms with Gasteiger partial charge in [-0.2, -0.15) is 0 Å². The lowest BCUT2D eigenvalue weighted by molar-refractivity contribution is 0.266. The molecule has 8 heteroatoms. The fourth-order valence-corrected chi connectivity index (χ4v) is 2.98. The van der Waals surface area contributed by atoms with Gasteiger partial charge in [0, 0.05) is 30.7 Å². The van der Waals surface area contributed by atoms with Crippen LogP contribution in [0.15, 0.2) is 35.5 Å². The maximum atomic E-state index is 12.8. The molecule has 4 rings (SSSR count). The van der Waals surface area contributed by atoms with Crippen molar-refractivity contribution in [1.82, 2.24) is 19.5 Å². The number of hydrogen-bond donors (Lipinski definition) is 3. The van der Waals surface area contributed by atoms with Gasteiger partial charge in [-0.15, -0.1) is 0 Å². The molecule has 0 bridgehead atoms. The second kappa shape index (κ2) is 6.06. The summed E-state index contributed by atoms with van der Waals surface area (Å²) in [6, 6.07) is 3.74. The smallest absolute Gasteiger partial charge is 0.262 e. The summed E-state index contributed by atoms with van der Waals surface area (Å²) in [4.78, 5) is 25.5. The maximum absolute atomic E-state index is 12.8. The van der Waals surface area contributed by atoms with Gasteiger partial charge in [0.2, 0.25) is 5.95 Å². The van der Waals surface area contributed by atoms with Crippen LogP contribution in [-0.2, 0) is 6.54 Å².